The zero-order chi connectivity index (χ0) is 16.7. The highest BCUT2D eigenvalue weighted by molar-refractivity contribution is 6.42. The van der Waals surface area contributed by atoms with E-state index in [9.17, 15) is 4.79 Å². The van der Waals surface area contributed by atoms with Crippen molar-refractivity contribution in [2.75, 3.05) is 18.4 Å². The van der Waals surface area contributed by atoms with Gasteiger partial charge in [-0.3, -0.25) is 4.79 Å². The van der Waals surface area contributed by atoms with E-state index >= 15 is 0 Å². The number of halogens is 2. The molecule has 128 valence electrons. The predicted octanol–water partition coefficient (Wildman–Crippen LogP) is 3.65. The maximum atomic E-state index is 12.9. The summed E-state index contributed by atoms with van der Waals surface area (Å²) in [6, 6.07) is 5.16. The Bertz CT molecular complexity index is 692. The molecule has 1 aromatic rings. The highest BCUT2D eigenvalue weighted by atomic mass is 35.5. The van der Waals surface area contributed by atoms with Gasteiger partial charge in [0.2, 0.25) is 5.91 Å². The molecule has 2 fully saturated rings. The molecule has 4 atom stereocenters. The second-order valence-corrected chi connectivity index (χ2v) is 7.51. The number of amides is 1. The first-order valence-electron chi connectivity index (χ1n) is 8.44. The highest BCUT2D eigenvalue weighted by Gasteiger charge is 2.53. The van der Waals surface area contributed by atoms with E-state index in [0.717, 1.165) is 32.4 Å². The number of fused-ring (bicyclic) bond motifs is 2. The molecular formula is C18H20Cl2N2O2. The lowest BCUT2D eigenvalue weighted by Crippen LogP contribution is -2.39. The van der Waals surface area contributed by atoms with Crippen LogP contribution in [0.4, 0.5) is 5.69 Å². The number of carbonyl (C=O) groups excluding carboxylic acids is 1. The Morgan fingerprint density at radius 1 is 1.21 bits per heavy atom. The minimum absolute atomic E-state index is 0.0185. The van der Waals surface area contributed by atoms with E-state index in [0.29, 0.717) is 15.7 Å². The lowest BCUT2D eigenvalue weighted by molar-refractivity contribution is -0.122. The monoisotopic (exact) mass is 366 g/mol. The molecule has 0 aromatic heterocycles. The Morgan fingerprint density at radius 3 is 2.79 bits per heavy atom. The standard InChI is InChI=1S/C18H20Cl2N2O2/c19-12-2-1-11(9-13(12)20)22-18(23)17-15-4-3-14(24-15)16(17)10-5-7-21-8-6-10/h1-2,5,9,14-17,21H,3-4,6-8H2,(H,22,23). The molecule has 3 aliphatic heterocycles. The molecule has 3 heterocycles. The van der Waals surface area contributed by atoms with E-state index in [1.54, 1.807) is 18.2 Å². The summed E-state index contributed by atoms with van der Waals surface area (Å²) in [5.41, 5.74) is 2.05. The summed E-state index contributed by atoms with van der Waals surface area (Å²) in [5, 5.41) is 7.26. The molecule has 4 unspecified atom stereocenters. The van der Waals surface area contributed by atoms with E-state index in [1.807, 2.05) is 0 Å². The number of benzene rings is 1. The molecule has 24 heavy (non-hydrogen) atoms. The third-order valence-electron chi connectivity index (χ3n) is 5.29. The van der Waals surface area contributed by atoms with Crippen molar-refractivity contribution in [1.82, 2.24) is 5.32 Å². The number of rotatable bonds is 3. The van der Waals surface area contributed by atoms with Crippen LogP contribution >= 0.6 is 23.2 Å². The molecular weight excluding hydrogens is 347 g/mol. The van der Waals surface area contributed by atoms with Gasteiger partial charge >= 0.3 is 0 Å². The first-order chi connectivity index (χ1) is 11.6. The number of ether oxygens (including phenoxy) is 1. The van der Waals surface area contributed by atoms with Gasteiger partial charge in [-0.2, -0.15) is 0 Å². The van der Waals surface area contributed by atoms with Gasteiger partial charge in [-0.05, 0) is 44.0 Å². The third-order valence-corrected chi connectivity index (χ3v) is 6.03. The lowest BCUT2D eigenvalue weighted by atomic mass is 9.73. The topological polar surface area (TPSA) is 50.4 Å². The average Bonchev–Trinajstić information content (AvgIpc) is 3.20. The van der Waals surface area contributed by atoms with Crippen molar-refractivity contribution in [3.8, 4) is 0 Å². The Labute approximate surface area is 151 Å². The summed E-state index contributed by atoms with van der Waals surface area (Å²) in [5.74, 6) is 0.0983. The largest absolute Gasteiger partial charge is 0.373 e. The van der Waals surface area contributed by atoms with Crippen molar-refractivity contribution in [2.45, 2.75) is 31.5 Å². The van der Waals surface area contributed by atoms with Gasteiger partial charge in [0, 0.05) is 18.2 Å². The van der Waals surface area contributed by atoms with E-state index in [4.69, 9.17) is 27.9 Å². The van der Waals surface area contributed by atoms with Gasteiger partial charge < -0.3 is 15.4 Å². The predicted molar refractivity (Wildman–Crippen MR) is 95.5 cm³/mol. The van der Waals surface area contributed by atoms with E-state index in [-0.39, 0.29) is 30.0 Å². The summed E-state index contributed by atoms with van der Waals surface area (Å²) < 4.78 is 6.08. The van der Waals surface area contributed by atoms with Gasteiger partial charge in [0.05, 0.1) is 28.2 Å². The van der Waals surface area contributed by atoms with Gasteiger partial charge in [0.15, 0.2) is 0 Å². The second-order valence-electron chi connectivity index (χ2n) is 6.69. The molecule has 4 rings (SSSR count). The van der Waals surface area contributed by atoms with Crippen molar-refractivity contribution >= 4 is 34.8 Å². The van der Waals surface area contributed by atoms with Crippen molar-refractivity contribution in [3.05, 3.63) is 39.9 Å². The Hall–Kier alpha value is -1.07. The number of anilines is 1. The molecule has 1 amide bonds. The quantitative estimate of drug-likeness (QED) is 0.802. The van der Waals surface area contributed by atoms with E-state index in [2.05, 4.69) is 16.7 Å². The number of hydrogen-bond donors (Lipinski definition) is 2. The van der Waals surface area contributed by atoms with Crippen LogP contribution in [0.5, 0.6) is 0 Å². The van der Waals surface area contributed by atoms with Crippen molar-refractivity contribution < 1.29 is 9.53 Å². The molecule has 0 aliphatic carbocycles. The maximum absolute atomic E-state index is 12.9. The smallest absolute Gasteiger partial charge is 0.230 e. The van der Waals surface area contributed by atoms with E-state index < -0.39 is 0 Å². The van der Waals surface area contributed by atoms with Gasteiger partial charge in [0.1, 0.15) is 0 Å². The SMILES string of the molecule is O=C(Nc1ccc(Cl)c(Cl)c1)C1C2CCC(O2)C1C1=CCNCC1. The summed E-state index contributed by atoms with van der Waals surface area (Å²) in [4.78, 5) is 12.9. The Balaban J connectivity index is 1.55. The lowest BCUT2D eigenvalue weighted by Gasteiger charge is -2.31. The molecule has 2 saturated heterocycles. The van der Waals surface area contributed by atoms with Crippen LogP contribution in [0.1, 0.15) is 19.3 Å². The molecule has 3 aliphatic rings. The fourth-order valence-corrected chi connectivity index (χ4v) is 4.52. The summed E-state index contributed by atoms with van der Waals surface area (Å²) in [6.07, 6.45) is 5.45. The molecule has 2 bridgehead atoms. The normalized spacial score (nSPS) is 31.8. The first-order valence-corrected chi connectivity index (χ1v) is 9.20. The second kappa shape index (κ2) is 6.68. The van der Waals surface area contributed by atoms with Gasteiger partial charge in [-0.25, -0.2) is 0 Å². The molecule has 1 aromatic carbocycles. The maximum Gasteiger partial charge on any atom is 0.230 e. The molecule has 0 saturated carbocycles. The Kier molecular flexibility index (Phi) is 4.56. The van der Waals surface area contributed by atoms with Crippen LogP contribution < -0.4 is 10.6 Å². The van der Waals surface area contributed by atoms with Crippen LogP contribution in [0, 0.1) is 11.8 Å². The summed E-state index contributed by atoms with van der Waals surface area (Å²) in [6.45, 7) is 1.85. The van der Waals surface area contributed by atoms with Gasteiger partial charge in [0.25, 0.3) is 0 Å². The van der Waals surface area contributed by atoms with Gasteiger partial charge in [-0.15, -0.1) is 0 Å². The van der Waals surface area contributed by atoms with Crippen molar-refractivity contribution in [2.24, 2.45) is 11.8 Å². The average molecular weight is 367 g/mol. The molecule has 4 nitrogen and oxygen atoms in total. The van der Waals surface area contributed by atoms with E-state index in [1.165, 1.54) is 5.57 Å². The summed E-state index contributed by atoms with van der Waals surface area (Å²) >= 11 is 12.0. The number of nitrogens with one attached hydrogen (secondary N) is 2. The van der Waals surface area contributed by atoms with Crippen LogP contribution in [-0.2, 0) is 9.53 Å². The fraction of sp³-hybridized carbons (Fsp3) is 0.500. The van der Waals surface area contributed by atoms with Crippen LogP contribution in [0.3, 0.4) is 0 Å². The zero-order valence-electron chi connectivity index (χ0n) is 13.2. The Morgan fingerprint density at radius 2 is 2.04 bits per heavy atom. The minimum Gasteiger partial charge on any atom is -0.373 e. The van der Waals surface area contributed by atoms with Crippen LogP contribution in [0.15, 0.2) is 29.8 Å². The fourth-order valence-electron chi connectivity index (χ4n) is 4.22. The number of carbonyl (C=O) groups is 1. The number of hydrogen-bond acceptors (Lipinski definition) is 3. The molecule has 6 heteroatoms. The zero-order valence-corrected chi connectivity index (χ0v) is 14.7. The summed E-state index contributed by atoms with van der Waals surface area (Å²) in [7, 11) is 0. The van der Waals surface area contributed by atoms with Crippen LogP contribution in [-0.4, -0.2) is 31.2 Å². The molecule has 0 radical (unpaired) electrons. The van der Waals surface area contributed by atoms with Crippen molar-refractivity contribution in [3.63, 3.8) is 0 Å². The molecule has 2 N–H and O–H groups in total. The third kappa shape index (κ3) is 2.97. The highest BCUT2D eigenvalue weighted by Crippen LogP contribution is 2.48. The first kappa shape index (κ1) is 16.4. The molecule has 0 spiro atoms. The van der Waals surface area contributed by atoms with Crippen LogP contribution in [0.2, 0.25) is 10.0 Å². The van der Waals surface area contributed by atoms with Gasteiger partial charge in [-0.1, -0.05) is 34.9 Å². The van der Waals surface area contributed by atoms with Crippen LogP contribution in [0.25, 0.3) is 0 Å². The minimum atomic E-state index is -0.123. The van der Waals surface area contributed by atoms with Crippen molar-refractivity contribution in [1.29, 1.82) is 0 Å².